The standard InChI is InChI=1S/C20H22N2O6S/c1-22(9-4-10-29(24,25)26)14-8-7-13-11-15(20(23)28-18(13)12-14)19-21-16-5-2-3-6-17(16)27-19/h7-8,11-12H,2-6,9-10H2,1H3,(H,24,25,26). The number of anilines is 1. The van der Waals surface area contributed by atoms with E-state index in [2.05, 4.69) is 4.98 Å². The molecular weight excluding hydrogens is 396 g/mol. The molecule has 0 spiro atoms. The van der Waals surface area contributed by atoms with Crippen molar-refractivity contribution in [1.82, 2.24) is 4.98 Å². The molecule has 0 atom stereocenters. The van der Waals surface area contributed by atoms with Gasteiger partial charge < -0.3 is 13.7 Å². The van der Waals surface area contributed by atoms with E-state index in [-0.39, 0.29) is 12.2 Å². The molecule has 0 amide bonds. The van der Waals surface area contributed by atoms with Crippen LogP contribution in [0.2, 0.25) is 0 Å². The van der Waals surface area contributed by atoms with E-state index in [9.17, 15) is 13.2 Å². The molecule has 4 rings (SSSR count). The van der Waals surface area contributed by atoms with Crippen LogP contribution in [0.15, 0.2) is 37.9 Å². The highest BCUT2D eigenvalue weighted by atomic mass is 32.2. The second kappa shape index (κ2) is 7.64. The second-order valence-electron chi connectivity index (χ2n) is 7.33. The molecule has 8 nitrogen and oxygen atoms in total. The molecule has 154 valence electrons. The fraction of sp³-hybridized carbons (Fsp3) is 0.400. The maximum atomic E-state index is 12.5. The summed E-state index contributed by atoms with van der Waals surface area (Å²) in [5.74, 6) is 0.857. The molecule has 2 heterocycles. The predicted octanol–water partition coefficient (Wildman–Crippen LogP) is 3.04. The lowest BCUT2D eigenvalue weighted by molar-refractivity contribution is 0.480. The Kier molecular flexibility index (Phi) is 5.18. The number of benzene rings is 1. The van der Waals surface area contributed by atoms with Gasteiger partial charge in [-0.3, -0.25) is 4.55 Å². The molecule has 0 bridgehead atoms. The molecular formula is C20H22N2O6S. The summed E-state index contributed by atoms with van der Waals surface area (Å²) in [6.45, 7) is 0.426. The molecule has 1 aliphatic carbocycles. The molecule has 3 aromatic rings. The Hall–Kier alpha value is -2.65. The van der Waals surface area contributed by atoms with Gasteiger partial charge in [0.05, 0.1) is 11.4 Å². The minimum Gasteiger partial charge on any atom is -0.441 e. The zero-order chi connectivity index (χ0) is 20.6. The number of nitrogens with zero attached hydrogens (tertiary/aromatic N) is 2. The zero-order valence-corrected chi connectivity index (χ0v) is 16.9. The van der Waals surface area contributed by atoms with Gasteiger partial charge in [-0.05, 0) is 43.9 Å². The summed E-state index contributed by atoms with van der Waals surface area (Å²) in [4.78, 5) is 18.9. The van der Waals surface area contributed by atoms with Gasteiger partial charge >= 0.3 is 5.63 Å². The topological polar surface area (TPSA) is 114 Å². The highest BCUT2D eigenvalue weighted by Gasteiger charge is 2.20. The van der Waals surface area contributed by atoms with E-state index in [4.69, 9.17) is 13.4 Å². The zero-order valence-electron chi connectivity index (χ0n) is 16.1. The van der Waals surface area contributed by atoms with E-state index >= 15 is 0 Å². The third kappa shape index (κ3) is 4.35. The van der Waals surface area contributed by atoms with Crippen molar-refractivity contribution in [2.45, 2.75) is 32.1 Å². The maximum absolute atomic E-state index is 12.5. The van der Waals surface area contributed by atoms with Gasteiger partial charge in [0.1, 0.15) is 16.9 Å². The molecule has 0 radical (unpaired) electrons. The van der Waals surface area contributed by atoms with Crippen LogP contribution in [0.1, 0.15) is 30.7 Å². The van der Waals surface area contributed by atoms with Gasteiger partial charge in [0.2, 0.25) is 5.89 Å². The summed E-state index contributed by atoms with van der Waals surface area (Å²) in [7, 11) is -2.18. The van der Waals surface area contributed by atoms with E-state index in [1.54, 1.807) is 19.2 Å². The van der Waals surface area contributed by atoms with E-state index < -0.39 is 15.7 Å². The molecule has 29 heavy (non-hydrogen) atoms. The van der Waals surface area contributed by atoms with Crippen LogP contribution >= 0.6 is 0 Å². The summed E-state index contributed by atoms with van der Waals surface area (Å²) in [6, 6.07) is 7.15. The van der Waals surface area contributed by atoms with Crippen molar-refractivity contribution in [2.24, 2.45) is 0 Å². The number of hydrogen-bond acceptors (Lipinski definition) is 7. The summed E-state index contributed by atoms with van der Waals surface area (Å²) in [5, 5.41) is 0.742. The highest BCUT2D eigenvalue weighted by Crippen LogP contribution is 2.28. The van der Waals surface area contributed by atoms with Crippen LogP contribution in [-0.4, -0.2) is 37.3 Å². The molecule has 2 aromatic heterocycles. The molecule has 0 aliphatic heterocycles. The third-order valence-corrected chi connectivity index (χ3v) is 5.94. The molecule has 0 saturated carbocycles. The Bertz CT molecular complexity index is 1190. The Balaban J connectivity index is 1.60. The summed E-state index contributed by atoms with van der Waals surface area (Å²) in [5.41, 5.74) is 1.92. The number of fused-ring (bicyclic) bond motifs is 2. The first-order valence-corrected chi connectivity index (χ1v) is 11.1. The Morgan fingerprint density at radius 2 is 1.97 bits per heavy atom. The predicted molar refractivity (Wildman–Crippen MR) is 109 cm³/mol. The Morgan fingerprint density at radius 1 is 1.17 bits per heavy atom. The van der Waals surface area contributed by atoms with E-state index in [1.807, 2.05) is 17.0 Å². The van der Waals surface area contributed by atoms with Gasteiger partial charge in [-0.25, -0.2) is 9.78 Å². The van der Waals surface area contributed by atoms with Crippen molar-refractivity contribution in [3.8, 4) is 11.5 Å². The van der Waals surface area contributed by atoms with Crippen LogP contribution < -0.4 is 10.5 Å². The average molecular weight is 418 g/mol. The van der Waals surface area contributed by atoms with E-state index in [0.29, 0.717) is 23.6 Å². The smallest absolute Gasteiger partial charge is 0.349 e. The first-order valence-electron chi connectivity index (χ1n) is 9.53. The normalized spacial score (nSPS) is 14.1. The lowest BCUT2D eigenvalue weighted by atomic mass is 10.0. The number of rotatable bonds is 6. The largest absolute Gasteiger partial charge is 0.441 e. The van der Waals surface area contributed by atoms with Gasteiger partial charge in [0.15, 0.2) is 0 Å². The molecule has 1 N–H and O–H groups in total. The van der Waals surface area contributed by atoms with Crippen LogP contribution in [0.3, 0.4) is 0 Å². The van der Waals surface area contributed by atoms with Gasteiger partial charge in [0.25, 0.3) is 10.1 Å². The Morgan fingerprint density at radius 3 is 2.72 bits per heavy atom. The third-order valence-electron chi connectivity index (χ3n) is 5.13. The number of aromatic nitrogens is 1. The van der Waals surface area contributed by atoms with Crippen molar-refractivity contribution >= 4 is 26.8 Å². The lowest BCUT2D eigenvalue weighted by Gasteiger charge is -2.19. The molecule has 1 aromatic carbocycles. The molecule has 9 heteroatoms. The molecule has 0 saturated heterocycles. The van der Waals surface area contributed by atoms with Crippen molar-refractivity contribution in [3.05, 3.63) is 46.1 Å². The fourth-order valence-electron chi connectivity index (χ4n) is 3.57. The van der Waals surface area contributed by atoms with Crippen molar-refractivity contribution in [1.29, 1.82) is 0 Å². The van der Waals surface area contributed by atoms with Crippen LogP contribution in [0, 0.1) is 0 Å². The molecule has 1 aliphatic rings. The first kappa shape index (κ1) is 19.7. The minimum absolute atomic E-state index is 0.283. The Labute approximate surface area is 167 Å². The maximum Gasteiger partial charge on any atom is 0.349 e. The molecule has 0 fully saturated rings. The van der Waals surface area contributed by atoms with Crippen molar-refractivity contribution in [3.63, 3.8) is 0 Å². The fourth-order valence-corrected chi connectivity index (χ4v) is 4.06. The number of aryl methyl sites for hydroxylation is 2. The van der Waals surface area contributed by atoms with E-state index in [0.717, 1.165) is 48.2 Å². The summed E-state index contributed by atoms with van der Waals surface area (Å²) < 4.78 is 41.9. The van der Waals surface area contributed by atoms with Gasteiger partial charge in [-0.15, -0.1) is 0 Å². The second-order valence-corrected chi connectivity index (χ2v) is 8.90. The van der Waals surface area contributed by atoms with Gasteiger partial charge in [-0.1, -0.05) is 0 Å². The van der Waals surface area contributed by atoms with Gasteiger partial charge in [0, 0.05) is 37.2 Å². The minimum atomic E-state index is -3.98. The SMILES string of the molecule is CN(CCCS(=O)(=O)O)c1ccc2cc(-c3nc4c(o3)CCCC4)c(=O)oc2c1. The van der Waals surface area contributed by atoms with Crippen LogP contribution in [0.4, 0.5) is 5.69 Å². The number of hydrogen-bond donors (Lipinski definition) is 1. The number of oxazole rings is 1. The van der Waals surface area contributed by atoms with Crippen molar-refractivity contribution in [2.75, 3.05) is 24.2 Å². The quantitative estimate of drug-likeness (QED) is 0.480. The highest BCUT2D eigenvalue weighted by molar-refractivity contribution is 7.85. The monoisotopic (exact) mass is 418 g/mol. The molecule has 0 unspecified atom stereocenters. The van der Waals surface area contributed by atoms with Crippen LogP contribution in [0.5, 0.6) is 0 Å². The average Bonchev–Trinajstić information content (AvgIpc) is 3.09. The van der Waals surface area contributed by atoms with E-state index in [1.165, 1.54) is 0 Å². The van der Waals surface area contributed by atoms with Gasteiger partial charge in [-0.2, -0.15) is 8.42 Å². The van der Waals surface area contributed by atoms with Crippen LogP contribution in [-0.2, 0) is 23.0 Å². The van der Waals surface area contributed by atoms with Crippen molar-refractivity contribution < 1.29 is 21.8 Å². The summed E-state index contributed by atoms with van der Waals surface area (Å²) >= 11 is 0. The first-order chi connectivity index (χ1) is 13.8. The van der Waals surface area contributed by atoms with Crippen LogP contribution in [0.25, 0.3) is 22.4 Å². The summed E-state index contributed by atoms with van der Waals surface area (Å²) in [6.07, 6.45) is 4.13. The lowest BCUT2D eigenvalue weighted by Crippen LogP contribution is -2.21.